The normalized spacial score (nSPS) is 10.0. The number of nitriles is 1. The third kappa shape index (κ3) is 2.86. The molecule has 5 nitrogen and oxygen atoms in total. The zero-order valence-corrected chi connectivity index (χ0v) is 11.4. The van der Waals surface area contributed by atoms with Crippen LogP contribution in [0.3, 0.4) is 0 Å². The molecular formula is C14H17N5. The highest BCUT2D eigenvalue weighted by Crippen LogP contribution is 2.21. The van der Waals surface area contributed by atoms with Crippen molar-refractivity contribution in [2.24, 2.45) is 7.05 Å². The molecule has 0 unspecified atom stereocenters. The van der Waals surface area contributed by atoms with Gasteiger partial charge in [0.25, 0.3) is 0 Å². The summed E-state index contributed by atoms with van der Waals surface area (Å²) in [6, 6.07) is 7.95. The molecule has 1 N–H and O–H groups in total. The number of pyridine rings is 1. The lowest BCUT2D eigenvalue weighted by Crippen LogP contribution is -2.13. The monoisotopic (exact) mass is 255 g/mol. The average Bonchev–Trinajstić information content (AvgIpc) is 2.77. The average molecular weight is 255 g/mol. The number of anilines is 2. The standard InChI is InChI=1S/C14H17N5/c1-18(2)14-13(5-4-6-16-14)17-9-11-7-12(8-15)19(3)10-11/h4-7,10,17H,9H2,1-3H3. The maximum absolute atomic E-state index is 8.93. The fourth-order valence-electron chi connectivity index (χ4n) is 1.93. The Balaban J connectivity index is 2.12. The summed E-state index contributed by atoms with van der Waals surface area (Å²) < 4.78 is 1.83. The third-order valence-electron chi connectivity index (χ3n) is 2.87. The molecule has 0 amide bonds. The van der Waals surface area contributed by atoms with Gasteiger partial charge in [0.2, 0.25) is 0 Å². The quantitative estimate of drug-likeness (QED) is 0.907. The molecule has 0 bridgehead atoms. The minimum Gasteiger partial charge on any atom is -0.378 e. The lowest BCUT2D eigenvalue weighted by molar-refractivity contribution is 0.902. The minimum absolute atomic E-state index is 0.663. The number of hydrogen-bond donors (Lipinski definition) is 1. The fraction of sp³-hybridized carbons (Fsp3) is 0.286. The zero-order chi connectivity index (χ0) is 13.8. The summed E-state index contributed by atoms with van der Waals surface area (Å²) in [5.41, 5.74) is 2.72. The van der Waals surface area contributed by atoms with E-state index in [-0.39, 0.29) is 0 Å². The number of hydrogen-bond acceptors (Lipinski definition) is 4. The predicted molar refractivity (Wildman–Crippen MR) is 76.0 cm³/mol. The van der Waals surface area contributed by atoms with Crippen LogP contribution in [0, 0.1) is 11.3 Å². The van der Waals surface area contributed by atoms with Gasteiger partial charge in [-0.3, -0.25) is 0 Å². The fourth-order valence-corrected chi connectivity index (χ4v) is 1.93. The largest absolute Gasteiger partial charge is 0.378 e. The van der Waals surface area contributed by atoms with Gasteiger partial charge in [0, 0.05) is 40.1 Å². The summed E-state index contributed by atoms with van der Waals surface area (Å²) in [4.78, 5) is 6.30. The summed E-state index contributed by atoms with van der Waals surface area (Å²) >= 11 is 0. The van der Waals surface area contributed by atoms with E-state index in [2.05, 4.69) is 16.4 Å². The zero-order valence-electron chi connectivity index (χ0n) is 11.4. The number of nitrogens with zero attached hydrogens (tertiary/aromatic N) is 4. The number of rotatable bonds is 4. The summed E-state index contributed by atoms with van der Waals surface area (Å²) in [7, 11) is 5.80. The molecule has 0 fully saturated rings. The van der Waals surface area contributed by atoms with Crippen molar-refractivity contribution >= 4 is 11.5 Å². The molecular weight excluding hydrogens is 238 g/mol. The maximum atomic E-state index is 8.93. The molecule has 0 radical (unpaired) electrons. The van der Waals surface area contributed by atoms with Crippen LogP contribution in [0.4, 0.5) is 11.5 Å². The van der Waals surface area contributed by atoms with Crippen molar-refractivity contribution in [3.8, 4) is 6.07 Å². The summed E-state index contributed by atoms with van der Waals surface area (Å²) in [6.07, 6.45) is 3.73. The highest BCUT2D eigenvalue weighted by Gasteiger charge is 2.06. The topological polar surface area (TPSA) is 56.9 Å². The molecule has 0 aliphatic heterocycles. The molecule has 2 rings (SSSR count). The van der Waals surface area contributed by atoms with Crippen molar-refractivity contribution in [2.75, 3.05) is 24.3 Å². The van der Waals surface area contributed by atoms with E-state index in [4.69, 9.17) is 5.26 Å². The summed E-state index contributed by atoms with van der Waals surface area (Å²) in [5, 5.41) is 12.3. The van der Waals surface area contributed by atoms with Gasteiger partial charge in [-0.25, -0.2) is 4.98 Å². The molecule has 0 aliphatic rings. The minimum atomic E-state index is 0.663. The van der Waals surface area contributed by atoms with Crippen LogP contribution in [0.5, 0.6) is 0 Å². The van der Waals surface area contributed by atoms with Gasteiger partial charge in [-0.05, 0) is 23.8 Å². The van der Waals surface area contributed by atoms with E-state index in [0.717, 1.165) is 17.1 Å². The van der Waals surface area contributed by atoms with Crippen LogP contribution in [0.15, 0.2) is 30.6 Å². The van der Waals surface area contributed by atoms with Gasteiger partial charge < -0.3 is 14.8 Å². The summed E-state index contributed by atoms with van der Waals surface area (Å²) in [5.74, 6) is 0.902. The molecule has 19 heavy (non-hydrogen) atoms. The number of aryl methyl sites for hydroxylation is 1. The number of nitrogens with one attached hydrogen (secondary N) is 1. The van der Waals surface area contributed by atoms with Gasteiger partial charge in [-0.2, -0.15) is 5.26 Å². The molecule has 0 atom stereocenters. The van der Waals surface area contributed by atoms with Crippen LogP contribution in [-0.4, -0.2) is 23.6 Å². The van der Waals surface area contributed by atoms with Crippen molar-refractivity contribution in [2.45, 2.75) is 6.54 Å². The Bertz CT molecular complexity index is 607. The first-order valence-electron chi connectivity index (χ1n) is 6.03. The van der Waals surface area contributed by atoms with E-state index in [1.807, 2.05) is 55.0 Å². The molecule has 0 aromatic carbocycles. The number of aromatic nitrogens is 2. The van der Waals surface area contributed by atoms with Gasteiger partial charge >= 0.3 is 0 Å². The molecule has 2 aromatic heterocycles. The van der Waals surface area contributed by atoms with E-state index >= 15 is 0 Å². The lowest BCUT2D eigenvalue weighted by Gasteiger charge is -2.16. The van der Waals surface area contributed by atoms with E-state index < -0.39 is 0 Å². The Hall–Kier alpha value is -2.48. The Morgan fingerprint density at radius 2 is 2.26 bits per heavy atom. The molecule has 0 saturated carbocycles. The van der Waals surface area contributed by atoms with E-state index in [1.54, 1.807) is 6.20 Å². The molecule has 98 valence electrons. The predicted octanol–water partition coefficient (Wildman–Crippen LogP) is 1.97. The van der Waals surface area contributed by atoms with Crippen molar-refractivity contribution in [1.29, 1.82) is 5.26 Å². The first-order valence-corrected chi connectivity index (χ1v) is 6.03. The SMILES string of the molecule is CN(C)c1ncccc1NCc1cc(C#N)n(C)c1. The Morgan fingerprint density at radius 1 is 1.47 bits per heavy atom. The molecule has 0 spiro atoms. The van der Waals surface area contributed by atoms with Crippen LogP contribution in [0.25, 0.3) is 0 Å². The molecule has 0 saturated heterocycles. The van der Waals surface area contributed by atoms with Crippen LogP contribution < -0.4 is 10.2 Å². The van der Waals surface area contributed by atoms with Crippen LogP contribution in [0.2, 0.25) is 0 Å². The van der Waals surface area contributed by atoms with Gasteiger partial charge in [0.1, 0.15) is 11.8 Å². The molecule has 5 heteroatoms. The first-order chi connectivity index (χ1) is 9.11. The highest BCUT2D eigenvalue weighted by atomic mass is 15.2. The first kappa shape index (κ1) is 13.0. The maximum Gasteiger partial charge on any atom is 0.151 e. The van der Waals surface area contributed by atoms with Gasteiger partial charge in [-0.1, -0.05) is 0 Å². The summed E-state index contributed by atoms with van der Waals surface area (Å²) in [6.45, 7) is 0.669. The Labute approximate surface area is 113 Å². The van der Waals surface area contributed by atoms with Crippen LogP contribution in [0.1, 0.15) is 11.3 Å². The Morgan fingerprint density at radius 3 is 2.89 bits per heavy atom. The molecule has 2 heterocycles. The van der Waals surface area contributed by atoms with Crippen molar-refractivity contribution in [3.05, 3.63) is 41.9 Å². The lowest BCUT2D eigenvalue weighted by atomic mass is 10.3. The highest BCUT2D eigenvalue weighted by molar-refractivity contribution is 5.64. The van der Waals surface area contributed by atoms with E-state index in [0.29, 0.717) is 12.2 Å². The van der Waals surface area contributed by atoms with E-state index in [1.165, 1.54) is 0 Å². The van der Waals surface area contributed by atoms with Crippen molar-refractivity contribution in [1.82, 2.24) is 9.55 Å². The van der Waals surface area contributed by atoms with Gasteiger partial charge in [0.15, 0.2) is 5.82 Å². The van der Waals surface area contributed by atoms with Crippen LogP contribution in [-0.2, 0) is 13.6 Å². The third-order valence-corrected chi connectivity index (χ3v) is 2.87. The Kier molecular flexibility index (Phi) is 3.71. The van der Waals surface area contributed by atoms with Crippen molar-refractivity contribution < 1.29 is 0 Å². The molecule has 0 aliphatic carbocycles. The molecule has 2 aromatic rings. The smallest absolute Gasteiger partial charge is 0.151 e. The second-order valence-corrected chi connectivity index (χ2v) is 4.58. The van der Waals surface area contributed by atoms with E-state index in [9.17, 15) is 0 Å². The van der Waals surface area contributed by atoms with Gasteiger partial charge in [-0.15, -0.1) is 0 Å². The van der Waals surface area contributed by atoms with Crippen molar-refractivity contribution in [3.63, 3.8) is 0 Å². The van der Waals surface area contributed by atoms with Gasteiger partial charge in [0.05, 0.1) is 5.69 Å². The second kappa shape index (κ2) is 5.44. The second-order valence-electron chi connectivity index (χ2n) is 4.58. The van der Waals surface area contributed by atoms with Crippen LogP contribution >= 0.6 is 0 Å².